The Balaban J connectivity index is 0.00000208. The molecule has 1 fully saturated rings. The number of pyridine rings is 1. The molecule has 1 aliphatic rings. The summed E-state index contributed by atoms with van der Waals surface area (Å²) in [5, 5.41) is 5.99. The minimum Gasteiger partial charge on any atom is -0.497 e. The monoisotopic (exact) mass is 349 g/mol. The van der Waals surface area contributed by atoms with E-state index < -0.39 is 0 Å². The van der Waals surface area contributed by atoms with Crippen molar-refractivity contribution in [2.24, 2.45) is 5.92 Å². The SMILES string of the molecule is COc1cccc(Oc2ccc(CNC(=O)C3CNC3)cn2)c1.Cl. The molecule has 1 aromatic heterocycles. The third kappa shape index (κ3) is 4.59. The lowest BCUT2D eigenvalue weighted by Gasteiger charge is -2.25. The molecule has 2 N–H and O–H groups in total. The van der Waals surface area contributed by atoms with E-state index in [-0.39, 0.29) is 24.2 Å². The number of methoxy groups -OCH3 is 1. The van der Waals surface area contributed by atoms with Crippen LogP contribution in [0.1, 0.15) is 5.56 Å². The molecule has 3 rings (SSSR count). The number of halogens is 1. The Labute approximate surface area is 147 Å². The molecule has 0 saturated carbocycles. The smallest absolute Gasteiger partial charge is 0.225 e. The van der Waals surface area contributed by atoms with Crippen molar-refractivity contribution in [1.82, 2.24) is 15.6 Å². The molecule has 1 aromatic carbocycles. The van der Waals surface area contributed by atoms with Crippen LogP contribution in [0.15, 0.2) is 42.6 Å². The highest BCUT2D eigenvalue weighted by atomic mass is 35.5. The molecule has 0 unspecified atom stereocenters. The van der Waals surface area contributed by atoms with Crippen LogP contribution in [0.4, 0.5) is 0 Å². The third-order valence-electron chi connectivity index (χ3n) is 3.68. The first-order valence-electron chi connectivity index (χ1n) is 7.50. The van der Waals surface area contributed by atoms with Gasteiger partial charge in [-0.05, 0) is 17.7 Å². The van der Waals surface area contributed by atoms with Crippen molar-refractivity contribution in [3.8, 4) is 17.4 Å². The molecule has 0 bridgehead atoms. The van der Waals surface area contributed by atoms with Gasteiger partial charge in [0.05, 0.1) is 13.0 Å². The molecule has 24 heavy (non-hydrogen) atoms. The first-order valence-corrected chi connectivity index (χ1v) is 7.50. The van der Waals surface area contributed by atoms with E-state index >= 15 is 0 Å². The average molecular weight is 350 g/mol. The Morgan fingerprint density at radius 1 is 1.29 bits per heavy atom. The van der Waals surface area contributed by atoms with E-state index in [1.807, 2.05) is 24.3 Å². The Hall–Kier alpha value is -2.31. The number of nitrogens with zero attached hydrogens (tertiary/aromatic N) is 1. The fourth-order valence-corrected chi connectivity index (χ4v) is 2.17. The molecule has 2 heterocycles. The molecule has 7 heteroatoms. The number of carbonyl (C=O) groups excluding carboxylic acids is 1. The third-order valence-corrected chi connectivity index (χ3v) is 3.68. The van der Waals surface area contributed by atoms with E-state index in [2.05, 4.69) is 15.6 Å². The highest BCUT2D eigenvalue weighted by molar-refractivity contribution is 5.85. The Kier molecular flexibility index (Phi) is 6.40. The minimum absolute atomic E-state index is 0. The van der Waals surface area contributed by atoms with Crippen molar-refractivity contribution in [2.45, 2.75) is 6.54 Å². The van der Waals surface area contributed by atoms with Crippen LogP contribution in [-0.2, 0) is 11.3 Å². The number of ether oxygens (including phenoxy) is 2. The number of hydrogen-bond acceptors (Lipinski definition) is 5. The second-order valence-electron chi connectivity index (χ2n) is 5.36. The van der Waals surface area contributed by atoms with E-state index in [9.17, 15) is 4.79 Å². The van der Waals surface area contributed by atoms with Crippen LogP contribution < -0.4 is 20.1 Å². The summed E-state index contributed by atoms with van der Waals surface area (Å²) in [6.45, 7) is 2.00. The predicted octanol–water partition coefficient (Wildman–Crippen LogP) is 2.14. The second-order valence-corrected chi connectivity index (χ2v) is 5.36. The standard InChI is InChI=1S/C17H19N3O3.ClH/c1-22-14-3-2-4-15(7-14)23-16-6-5-12(8-19-16)9-20-17(21)13-10-18-11-13;/h2-8,13,18H,9-11H2,1H3,(H,20,21);1H. The van der Waals surface area contributed by atoms with Gasteiger partial charge in [-0.1, -0.05) is 12.1 Å². The molecule has 0 spiro atoms. The van der Waals surface area contributed by atoms with Gasteiger partial charge >= 0.3 is 0 Å². The van der Waals surface area contributed by atoms with Gasteiger partial charge in [0.1, 0.15) is 11.5 Å². The molecule has 6 nitrogen and oxygen atoms in total. The highest BCUT2D eigenvalue weighted by Gasteiger charge is 2.24. The molecule has 0 atom stereocenters. The Morgan fingerprint density at radius 2 is 2.08 bits per heavy atom. The molecular weight excluding hydrogens is 330 g/mol. The maximum Gasteiger partial charge on any atom is 0.225 e. The topological polar surface area (TPSA) is 72.5 Å². The molecule has 0 aliphatic carbocycles. The van der Waals surface area contributed by atoms with Crippen LogP contribution in [0.25, 0.3) is 0 Å². The van der Waals surface area contributed by atoms with Gasteiger partial charge in [-0.15, -0.1) is 12.4 Å². The number of benzene rings is 1. The van der Waals surface area contributed by atoms with Crippen molar-refractivity contribution in [3.05, 3.63) is 48.2 Å². The maximum atomic E-state index is 11.8. The summed E-state index contributed by atoms with van der Waals surface area (Å²) in [6, 6.07) is 11.0. The summed E-state index contributed by atoms with van der Waals surface area (Å²) >= 11 is 0. The van der Waals surface area contributed by atoms with Crippen LogP contribution in [0.3, 0.4) is 0 Å². The Morgan fingerprint density at radius 3 is 2.71 bits per heavy atom. The van der Waals surface area contributed by atoms with Gasteiger partial charge in [-0.25, -0.2) is 4.98 Å². The van der Waals surface area contributed by atoms with E-state index in [1.54, 1.807) is 25.4 Å². The lowest BCUT2D eigenvalue weighted by atomic mass is 10.0. The summed E-state index contributed by atoms with van der Waals surface area (Å²) in [7, 11) is 1.61. The summed E-state index contributed by atoms with van der Waals surface area (Å²) in [4.78, 5) is 16.0. The van der Waals surface area contributed by atoms with Crippen LogP contribution >= 0.6 is 12.4 Å². The second kappa shape index (κ2) is 8.52. The number of amides is 1. The van der Waals surface area contributed by atoms with Crippen LogP contribution in [-0.4, -0.2) is 31.1 Å². The van der Waals surface area contributed by atoms with Crippen LogP contribution in [0.5, 0.6) is 17.4 Å². The lowest BCUT2D eigenvalue weighted by molar-refractivity contribution is -0.126. The quantitative estimate of drug-likeness (QED) is 0.836. The van der Waals surface area contributed by atoms with Gasteiger partial charge in [-0.2, -0.15) is 0 Å². The molecule has 0 radical (unpaired) electrons. The van der Waals surface area contributed by atoms with Gasteiger partial charge < -0.3 is 20.1 Å². The maximum absolute atomic E-state index is 11.8. The van der Waals surface area contributed by atoms with Gasteiger partial charge in [0.2, 0.25) is 11.8 Å². The zero-order chi connectivity index (χ0) is 16.1. The van der Waals surface area contributed by atoms with Crippen molar-refractivity contribution < 1.29 is 14.3 Å². The zero-order valence-corrected chi connectivity index (χ0v) is 14.1. The molecule has 1 amide bonds. The normalized spacial score (nSPS) is 13.4. The summed E-state index contributed by atoms with van der Waals surface area (Å²) in [6.07, 6.45) is 1.70. The van der Waals surface area contributed by atoms with Crippen LogP contribution in [0, 0.1) is 5.92 Å². The zero-order valence-electron chi connectivity index (χ0n) is 13.3. The van der Waals surface area contributed by atoms with Gasteiger partial charge in [-0.3, -0.25) is 4.79 Å². The average Bonchev–Trinajstić information content (AvgIpc) is 2.53. The molecule has 128 valence electrons. The van der Waals surface area contributed by atoms with Crippen molar-refractivity contribution >= 4 is 18.3 Å². The van der Waals surface area contributed by atoms with E-state index in [1.165, 1.54) is 0 Å². The number of nitrogens with one attached hydrogen (secondary N) is 2. The van der Waals surface area contributed by atoms with Gasteiger partial charge in [0.25, 0.3) is 0 Å². The molecule has 1 saturated heterocycles. The summed E-state index contributed by atoms with van der Waals surface area (Å²) in [5.41, 5.74) is 0.934. The van der Waals surface area contributed by atoms with Crippen molar-refractivity contribution in [3.63, 3.8) is 0 Å². The number of aromatic nitrogens is 1. The first kappa shape index (κ1) is 18.0. The van der Waals surface area contributed by atoms with E-state index in [4.69, 9.17) is 9.47 Å². The number of hydrogen-bond donors (Lipinski definition) is 2. The fourth-order valence-electron chi connectivity index (χ4n) is 2.17. The minimum atomic E-state index is 0. The number of carbonyl (C=O) groups is 1. The van der Waals surface area contributed by atoms with Gasteiger partial charge in [0, 0.05) is 38.0 Å². The van der Waals surface area contributed by atoms with Gasteiger partial charge in [0.15, 0.2) is 0 Å². The largest absolute Gasteiger partial charge is 0.497 e. The lowest BCUT2D eigenvalue weighted by Crippen LogP contribution is -2.50. The van der Waals surface area contributed by atoms with Crippen LogP contribution in [0.2, 0.25) is 0 Å². The first-order chi connectivity index (χ1) is 11.2. The fraction of sp³-hybridized carbons (Fsp3) is 0.294. The van der Waals surface area contributed by atoms with E-state index in [0.717, 1.165) is 24.4 Å². The summed E-state index contributed by atoms with van der Waals surface area (Å²) < 4.78 is 10.8. The van der Waals surface area contributed by atoms with Crippen molar-refractivity contribution in [2.75, 3.05) is 20.2 Å². The van der Waals surface area contributed by atoms with Crippen molar-refractivity contribution in [1.29, 1.82) is 0 Å². The summed E-state index contributed by atoms with van der Waals surface area (Å²) in [5.74, 6) is 2.07. The molecule has 2 aromatic rings. The number of rotatable bonds is 6. The Bertz CT molecular complexity index is 675. The predicted molar refractivity (Wildman–Crippen MR) is 92.8 cm³/mol. The molecule has 1 aliphatic heterocycles. The molecular formula is C17H20ClN3O3. The highest BCUT2D eigenvalue weighted by Crippen LogP contribution is 2.23. The van der Waals surface area contributed by atoms with E-state index in [0.29, 0.717) is 18.2 Å².